The van der Waals surface area contributed by atoms with Crippen molar-refractivity contribution in [3.8, 4) is 0 Å². The van der Waals surface area contributed by atoms with Crippen LogP contribution in [0.4, 0.5) is 0 Å². The Morgan fingerprint density at radius 2 is 2.30 bits per heavy atom. The summed E-state index contributed by atoms with van der Waals surface area (Å²) in [6, 6.07) is 2.53. The molecule has 1 aliphatic carbocycles. The van der Waals surface area contributed by atoms with Crippen LogP contribution in [0.3, 0.4) is 0 Å². The number of hydrogen-bond donors (Lipinski definition) is 1. The highest BCUT2D eigenvalue weighted by Gasteiger charge is 2.26. The average molecular weight is 291 g/mol. The van der Waals surface area contributed by atoms with Gasteiger partial charge in [-0.25, -0.2) is 4.68 Å². The van der Waals surface area contributed by atoms with Crippen LogP contribution in [0.2, 0.25) is 0 Å². The average Bonchev–Trinajstić information content (AvgIpc) is 3.03. The van der Waals surface area contributed by atoms with Gasteiger partial charge in [0.2, 0.25) is 0 Å². The summed E-state index contributed by atoms with van der Waals surface area (Å²) in [5.41, 5.74) is 1.47. The van der Waals surface area contributed by atoms with Crippen LogP contribution < -0.4 is 5.32 Å². The minimum atomic E-state index is 0.0664. The summed E-state index contributed by atoms with van der Waals surface area (Å²) in [4.78, 5) is 1.49. The Bertz CT molecular complexity index is 580. The smallest absolute Gasteiger partial charge is 0.165 e. The van der Waals surface area contributed by atoms with Crippen LogP contribution in [-0.4, -0.2) is 25.7 Å². The molecule has 6 heteroatoms. The molecular weight excluding hydrogens is 270 g/mol. The molecule has 0 aromatic carbocycles. The lowest BCUT2D eigenvalue weighted by molar-refractivity contribution is 0.387. The van der Waals surface area contributed by atoms with Crippen LogP contribution in [0.1, 0.15) is 55.9 Å². The first kappa shape index (κ1) is 13.7. The third kappa shape index (κ3) is 2.76. The van der Waals surface area contributed by atoms with E-state index in [-0.39, 0.29) is 5.54 Å². The van der Waals surface area contributed by atoms with Crippen LogP contribution >= 0.6 is 11.3 Å². The Labute approximate surface area is 123 Å². The number of aromatic nitrogens is 4. The number of tetrazole rings is 1. The molecule has 0 saturated heterocycles. The van der Waals surface area contributed by atoms with Gasteiger partial charge < -0.3 is 5.32 Å². The van der Waals surface area contributed by atoms with Gasteiger partial charge >= 0.3 is 0 Å². The molecule has 2 aromatic heterocycles. The number of rotatable bonds is 3. The minimum absolute atomic E-state index is 0.0664. The Kier molecular flexibility index (Phi) is 3.60. The number of hydrogen-bond acceptors (Lipinski definition) is 5. The predicted octanol–water partition coefficient (Wildman–Crippen LogP) is 2.55. The van der Waals surface area contributed by atoms with Crippen LogP contribution in [0.15, 0.2) is 11.4 Å². The zero-order chi connectivity index (χ0) is 14.2. The fourth-order valence-electron chi connectivity index (χ4n) is 2.63. The first-order chi connectivity index (χ1) is 9.54. The summed E-state index contributed by atoms with van der Waals surface area (Å²) in [5, 5.41) is 18.0. The maximum atomic E-state index is 4.24. The fraction of sp³-hybridized carbons (Fsp3) is 0.643. The second-order valence-electron chi connectivity index (χ2n) is 6.35. The van der Waals surface area contributed by atoms with Gasteiger partial charge in [0.1, 0.15) is 0 Å². The standard InChI is InChI=1S/C14H21N5S/c1-14(2,3)15-9-13-16-17-18-19(13)11-5-4-6-12-10(11)7-8-20-12/h7-8,11,15H,4-6,9H2,1-3H3. The van der Waals surface area contributed by atoms with Crippen LogP contribution in [0.5, 0.6) is 0 Å². The summed E-state index contributed by atoms with van der Waals surface area (Å²) in [6.07, 6.45) is 3.53. The second-order valence-corrected chi connectivity index (χ2v) is 7.35. The Balaban J connectivity index is 1.84. The summed E-state index contributed by atoms with van der Waals surface area (Å²) in [5.74, 6) is 0.920. The molecule has 1 atom stereocenters. The van der Waals surface area contributed by atoms with Crippen LogP contribution in [0, 0.1) is 0 Å². The van der Waals surface area contributed by atoms with Crippen molar-refractivity contribution in [2.24, 2.45) is 0 Å². The zero-order valence-corrected chi connectivity index (χ0v) is 13.1. The molecule has 5 nitrogen and oxygen atoms in total. The summed E-state index contributed by atoms with van der Waals surface area (Å²) >= 11 is 1.85. The topological polar surface area (TPSA) is 55.6 Å². The van der Waals surface area contributed by atoms with Gasteiger partial charge in [0.05, 0.1) is 12.6 Å². The molecule has 3 rings (SSSR count). The van der Waals surface area contributed by atoms with Crippen molar-refractivity contribution in [3.05, 3.63) is 27.7 Å². The molecule has 2 heterocycles. The van der Waals surface area contributed by atoms with Gasteiger partial charge in [-0.2, -0.15) is 0 Å². The Morgan fingerprint density at radius 1 is 1.45 bits per heavy atom. The molecule has 0 spiro atoms. The van der Waals surface area contributed by atoms with E-state index in [9.17, 15) is 0 Å². The van der Waals surface area contributed by atoms with Gasteiger partial charge in [-0.1, -0.05) is 0 Å². The molecule has 2 aromatic rings. The maximum absolute atomic E-state index is 4.24. The lowest BCUT2D eigenvalue weighted by Gasteiger charge is -2.25. The van der Waals surface area contributed by atoms with Gasteiger partial charge in [0.15, 0.2) is 5.82 Å². The third-order valence-corrected chi connectivity index (χ3v) is 4.65. The predicted molar refractivity (Wildman–Crippen MR) is 79.8 cm³/mol. The molecule has 0 bridgehead atoms. The van der Waals surface area contributed by atoms with Crippen molar-refractivity contribution < 1.29 is 0 Å². The molecule has 1 N–H and O–H groups in total. The van der Waals surface area contributed by atoms with Crippen molar-refractivity contribution in [1.29, 1.82) is 0 Å². The highest BCUT2D eigenvalue weighted by molar-refractivity contribution is 7.10. The van der Waals surface area contributed by atoms with Crippen molar-refractivity contribution in [3.63, 3.8) is 0 Å². The highest BCUT2D eigenvalue weighted by Crippen LogP contribution is 2.35. The SMILES string of the molecule is CC(C)(C)NCc1nnnn1C1CCCc2sccc21. The first-order valence-corrected chi connectivity index (χ1v) is 8.00. The Morgan fingerprint density at radius 3 is 3.10 bits per heavy atom. The number of thiophene rings is 1. The van der Waals surface area contributed by atoms with E-state index in [1.165, 1.54) is 23.3 Å². The minimum Gasteiger partial charge on any atom is -0.305 e. The first-order valence-electron chi connectivity index (χ1n) is 7.12. The summed E-state index contributed by atoms with van der Waals surface area (Å²) < 4.78 is 2.00. The van der Waals surface area contributed by atoms with E-state index in [0.717, 1.165) is 12.2 Å². The quantitative estimate of drug-likeness (QED) is 0.944. The van der Waals surface area contributed by atoms with Gasteiger partial charge in [0.25, 0.3) is 0 Å². The highest BCUT2D eigenvalue weighted by atomic mass is 32.1. The summed E-state index contributed by atoms with van der Waals surface area (Å²) in [7, 11) is 0. The molecule has 0 aliphatic heterocycles. The van der Waals surface area contributed by atoms with Crippen molar-refractivity contribution in [1.82, 2.24) is 25.5 Å². The van der Waals surface area contributed by atoms with E-state index in [4.69, 9.17) is 0 Å². The van der Waals surface area contributed by atoms with Gasteiger partial charge in [-0.3, -0.25) is 0 Å². The molecule has 0 amide bonds. The fourth-order valence-corrected chi connectivity index (χ4v) is 3.61. The lowest BCUT2D eigenvalue weighted by Crippen LogP contribution is -2.36. The molecule has 20 heavy (non-hydrogen) atoms. The van der Waals surface area contributed by atoms with Crippen LogP contribution in [-0.2, 0) is 13.0 Å². The molecule has 1 unspecified atom stereocenters. The van der Waals surface area contributed by atoms with E-state index >= 15 is 0 Å². The molecule has 0 fully saturated rings. The Hall–Kier alpha value is -1.27. The maximum Gasteiger partial charge on any atom is 0.165 e. The van der Waals surface area contributed by atoms with Gasteiger partial charge in [0, 0.05) is 10.4 Å². The van der Waals surface area contributed by atoms with Gasteiger partial charge in [-0.05, 0) is 67.5 Å². The molecular formula is C14H21N5S. The van der Waals surface area contributed by atoms with Crippen molar-refractivity contribution in [2.75, 3.05) is 0 Å². The molecule has 108 valence electrons. The van der Waals surface area contributed by atoms with Gasteiger partial charge in [-0.15, -0.1) is 16.4 Å². The normalized spacial score (nSPS) is 19.1. The van der Waals surface area contributed by atoms with E-state index in [1.807, 2.05) is 16.0 Å². The van der Waals surface area contributed by atoms with Crippen LogP contribution in [0.25, 0.3) is 0 Å². The van der Waals surface area contributed by atoms with E-state index < -0.39 is 0 Å². The van der Waals surface area contributed by atoms with E-state index in [1.54, 1.807) is 0 Å². The van der Waals surface area contributed by atoms with Crippen molar-refractivity contribution in [2.45, 2.75) is 58.2 Å². The second kappa shape index (κ2) is 5.26. The zero-order valence-electron chi connectivity index (χ0n) is 12.3. The largest absolute Gasteiger partial charge is 0.305 e. The van der Waals surface area contributed by atoms with E-state index in [2.05, 4.69) is 53.1 Å². The molecule has 0 saturated carbocycles. The number of nitrogens with one attached hydrogen (secondary N) is 1. The number of fused-ring (bicyclic) bond motifs is 1. The molecule has 1 aliphatic rings. The lowest BCUT2D eigenvalue weighted by atomic mass is 9.94. The summed E-state index contributed by atoms with van der Waals surface area (Å²) in [6.45, 7) is 7.16. The number of aryl methyl sites for hydroxylation is 1. The molecule has 0 radical (unpaired) electrons. The monoisotopic (exact) mass is 291 g/mol. The number of nitrogens with zero attached hydrogens (tertiary/aromatic N) is 4. The van der Waals surface area contributed by atoms with E-state index in [0.29, 0.717) is 12.6 Å². The van der Waals surface area contributed by atoms with Crippen molar-refractivity contribution >= 4 is 11.3 Å². The third-order valence-electron chi connectivity index (χ3n) is 3.65.